The number of rotatable bonds is 6. The summed E-state index contributed by atoms with van der Waals surface area (Å²) in [6.45, 7) is 2.04. The van der Waals surface area contributed by atoms with Gasteiger partial charge in [0.1, 0.15) is 0 Å². The maximum absolute atomic E-state index is 12.0. The van der Waals surface area contributed by atoms with Crippen LogP contribution >= 0.6 is 23.4 Å². The van der Waals surface area contributed by atoms with Gasteiger partial charge in [0, 0.05) is 10.7 Å². The molecule has 0 unspecified atom stereocenters. The molecule has 0 fully saturated rings. The van der Waals surface area contributed by atoms with Crippen molar-refractivity contribution in [3.63, 3.8) is 0 Å². The largest absolute Gasteiger partial charge is 0.416 e. The fraction of sp³-hybridized carbons (Fsp3) is 0.167. The maximum Gasteiger partial charge on any atom is 0.277 e. The Balaban J connectivity index is 1.51. The van der Waals surface area contributed by atoms with Gasteiger partial charge in [0.05, 0.1) is 12.2 Å². The molecule has 0 radical (unpaired) electrons. The highest BCUT2D eigenvalue weighted by atomic mass is 35.5. The molecule has 0 aliphatic carbocycles. The molecule has 7 heteroatoms. The number of benzene rings is 2. The van der Waals surface area contributed by atoms with E-state index in [-0.39, 0.29) is 11.7 Å². The average Bonchev–Trinajstić information content (AvgIpc) is 3.03. The van der Waals surface area contributed by atoms with Gasteiger partial charge in [-0.05, 0) is 30.7 Å². The van der Waals surface area contributed by atoms with Crippen LogP contribution in [-0.2, 0) is 11.2 Å². The van der Waals surface area contributed by atoms with Crippen LogP contribution in [-0.4, -0.2) is 21.9 Å². The lowest BCUT2D eigenvalue weighted by Crippen LogP contribution is -2.13. The molecule has 1 amide bonds. The molecule has 3 rings (SSSR count). The number of nitrogens with zero attached hydrogens (tertiary/aromatic N) is 2. The van der Waals surface area contributed by atoms with Crippen LogP contribution in [0.5, 0.6) is 0 Å². The van der Waals surface area contributed by atoms with Crippen LogP contribution in [0.1, 0.15) is 17.0 Å². The Hall–Kier alpha value is -2.31. The van der Waals surface area contributed by atoms with Crippen LogP contribution in [0, 0.1) is 6.92 Å². The van der Waals surface area contributed by atoms with Crippen molar-refractivity contribution < 1.29 is 9.21 Å². The molecule has 0 bridgehead atoms. The summed E-state index contributed by atoms with van der Waals surface area (Å²) in [4.78, 5) is 12.0. The van der Waals surface area contributed by atoms with E-state index in [0.717, 1.165) is 5.56 Å². The van der Waals surface area contributed by atoms with E-state index in [9.17, 15) is 4.79 Å². The molecule has 25 heavy (non-hydrogen) atoms. The molecule has 1 heterocycles. The highest BCUT2D eigenvalue weighted by Gasteiger charge is 2.10. The summed E-state index contributed by atoms with van der Waals surface area (Å²) < 4.78 is 5.58. The molecule has 5 nitrogen and oxygen atoms in total. The molecular weight excluding hydrogens is 358 g/mol. The van der Waals surface area contributed by atoms with Gasteiger partial charge in [-0.2, -0.15) is 0 Å². The zero-order valence-corrected chi connectivity index (χ0v) is 15.1. The van der Waals surface area contributed by atoms with Gasteiger partial charge >= 0.3 is 0 Å². The quantitative estimate of drug-likeness (QED) is 0.650. The summed E-state index contributed by atoms with van der Waals surface area (Å²) in [6, 6.07) is 15.1. The molecule has 1 N–H and O–H groups in total. The van der Waals surface area contributed by atoms with E-state index in [0.29, 0.717) is 28.2 Å². The molecule has 0 spiro atoms. The normalized spacial score (nSPS) is 10.6. The number of hydrogen-bond donors (Lipinski definition) is 1. The monoisotopic (exact) mass is 373 g/mol. The van der Waals surface area contributed by atoms with Gasteiger partial charge in [-0.1, -0.05) is 59.3 Å². The second-order valence-corrected chi connectivity index (χ2v) is 6.83. The van der Waals surface area contributed by atoms with Crippen molar-refractivity contribution in [2.24, 2.45) is 0 Å². The van der Waals surface area contributed by atoms with Crippen LogP contribution < -0.4 is 5.32 Å². The Morgan fingerprint density at radius 1 is 1.20 bits per heavy atom. The fourth-order valence-corrected chi connectivity index (χ4v) is 2.91. The number of nitrogens with one attached hydrogen (secondary N) is 1. The van der Waals surface area contributed by atoms with E-state index in [1.807, 2.05) is 31.2 Å². The van der Waals surface area contributed by atoms with E-state index in [1.54, 1.807) is 24.3 Å². The van der Waals surface area contributed by atoms with Crippen LogP contribution in [0.2, 0.25) is 5.02 Å². The number of aromatic nitrogens is 2. The lowest BCUT2D eigenvalue weighted by atomic mass is 10.1. The zero-order valence-electron chi connectivity index (χ0n) is 13.5. The number of carbonyl (C=O) groups excluding carboxylic acids is 1. The Morgan fingerprint density at radius 2 is 2.00 bits per heavy atom. The van der Waals surface area contributed by atoms with Crippen LogP contribution in [0.4, 0.5) is 5.69 Å². The number of carbonyl (C=O) groups is 1. The van der Waals surface area contributed by atoms with E-state index in [2.05, 4.69) is 15.5 Å². The molecule has 0 atom stereocenters. The molecule has 0 aliphatic rings. The molecule has 1 aromatic heterocycles. The predicted molar refractivity (Wildman–Crippen MR) is 99.1 cm³/mol. The highest BCUT2D eigenvalue weighted by Crippen LogP contribution is 2.19. The van der Waals surface area contributed by atoms with Crippen LogP contribution in [0.3, 0.4) is 0 Å². The third-order valence-electron chi connectivity index (χ3n) is 3.36. The van der Waals surface area contributed by atoms with Gasteiger partial charge in [0.25, 0.3) is 5.22 Å². The van der Waals surface area contributed by atoms with Crippen molar-refractivity contribution in [1.29, 1.82) is 0 Å². The smallest absolute Gasteiger partial charge is 0.277 e. The first-order valence-electron chi connectivity index (χ1n) is 7.64. The van der Waals surface area contributed by atoms with Gasteiger partial charge in [0.2, 0.25) is 11.8 Å². The molecule has 0 aliphatic heterocycles. The molecule has 2 aromatic carbocycles. The van der Waals surface area contributed by atoms with Crippen LogP contribution in [0.15, 0.2) is 58.2 Å². The molecular formula is C18H16ClN3O2S. The van der Waals surface area contributed by atoms with Gasteiger partial charge in [0.15, 0.2) is 0 Å². The SMILES string of the molecule is Cc1ccc(Cc2nnc(SCC(=O)Nc3cccc(Cl)c3)o2)cc1. The number of anilines is 1. The van der Waals surface area contributed by atoms with E-state index in [1.165, 1.54) is 17.3 Å². The standard InChI is InChI=1S/C18H16ClN3O2S/c1-12-5-7-13(8-6-12)9-17-21-22-18(24-17)25-11-16(23)20-15-4-2-3-14(19)10-15/h2-8,10H,9,11H2,1H3,(H,20,23). The summed E-state index contributed by atoms with van der Waals surface area (Å²) in [5.74, 6) is 0.547. The van der Waals surface area contributed by atoms with Crippen molar-refractivity contribution in [2.75, 3.05) is 11.1 Å². The number of aryl methyl sites for hydroxylation is 1. The Labute approximate surface area is 154 Å². The van der Waals surface area contributed by atoms with Crippen molar-refractivity contribution in [3.8, 4) is 0 Å². The average molecular weight is 374 g/mol. The van der Waals surface area contributed by atoms with Crippen molar-refractivity contribution >= 4 is 35.0 Å². The second kappa shape index (κ2) is 8.18. The minimum atomic E-state index is -0.162. The lowest BCUT2D eigenvalue weighted by Gasteiger charge is -2.03. The Morgan fingerprint density at radius 3 is 2.76 bits per heavy atom. The maximum atomic E-state index is 12.0. The zero-order chi connectivity index (χ0) is 17.6. The minimum Gasteiger partial charge on any atom is -0.416 e. The number of thioether (sulfide) groups is 1. The molecule has 0 saturated carbocycles. The fourth-order valence-electron chi connectivity index (χ4n) is 2.14. The second-order valence-electron chi connectivity index (χ2n) is 5.47. The Kier molecular flexibility index (Phi) is 5.73. The van der Waals surface area contributed by atoms with Crippen molar-refractivity contribution in [1.82, 2.24) is 10.2 Å². The highest BCUT2D eigenvalue weighted by molar-refractivity contribution is 7.99. The van der Waals surface area contributed by atoms with E-state index in [4.69, 9.17) is 16.0 Å². The van der Waals surface area contributed by atoms with Crippen molar-refractivity contribution in [3.05, 3.63) is 70.6 Å². The summed E-state index contributed by atoms with van der Waals surface area (Å²) in [5, 5.41) is 11.7. The number of hydrogen-bond acceptors (Lipinski definition) is 5. The predicted octanol–water partition coefficient (Wildman–Crippen LogP) is 4.35. The summed E-state index contributed by atoms with van der Waals surface area (Å²) in [6.07, 6.45) is 0.572. The summed E-state index contributed by atoms with van der Waals surface area (Å²) in [7, 11) is 0. The molecule has 128 valence electrons. The lowest BCUT2D eigenvalue weighted by molar-refractivity contribution is -0.113. The molecule has 3 aromatic rings. The molecule has 0 saturated heterocycles. The first-order valence-corrected chi connectivity index (χ1v) is 9.01. The number of amides is 1. The Bertz CT molecular complexity index is 865. The first-order chi connectivity index (χ1) is 12.1. The van der Waals surface area contributed by atoms with E-state index >= 15 is 0 Å². The summed E-state index contributed by atoms with van der Waals surface area (Å²) >= 11 is 7.09. The number of halogens is 1. The van der Waals surface area contributed by atoms with Gasteiger partial charge in [-0.3, -0.25) is 4.79 Å². The first kappa shape index (κ1) is 17.5. The van der Waals surface area contributed by atoms with Gasteiger partial charge in [-0.15, -0.1) is 10.2 Å². The minimum absolute atomic E-state index is 0.162. The third-order valence-corrected chi connectivity index (χ3v) is 4.41. The topological polar surface area (TPSA) is 68.0 Å². The van der Waals surface area contributed by atoms with Gasteiger partial charge in [-0.25, -0.2) is 0 Å². The van der Waals surface area contributed by atoms with Gasteiger partial charge < -0.3 is 9.73 Å². The van der Waals surface area contributed by atoms with Crippen molar-refractivity contribution in [2.45, 2.75) is 18.6 Å². The van der Waals surface area contributed by atoms with Crippen LogP contribution in [0.25, 0.3) is 0 Å². The third kappa shape index (κ3) is 5.34. The summed E-state index contributed by atoms with van der Waals surface area (Å²) in [5.41, 5.74) is 2.96. The van der Waals surface area contributed by atoms with E-state index < -0.39 is 0 Å².